The van der Waals surface area contributed by atoms with Crippen LogP contribution in [0.15, 0.2) is 40.2 Å². The Morgan fingerprint density at radius 3 is 3.14 bits per heavy atom. The standard InChI is InChI=1S/C9H7ClN2O2/c10-8-3-11-9(13)12(5-8)4-7-1-2-14-6-7/h1-3,5-6H,4H2. The Hall–Kier alpha value is -1.55. The molecular formula is C9H7ClN2O2. The van der Waals surface area contributed by atoms with E-state index >= 15 is 0 Å². The number of halogens is 1. The lowest BCUT2D eigenvalue weighted by molar-refractivity contribution is 0.561. The molecular weight excluding hydrogens is 204 g/mol. The summed E-state index contributed by atoms with van der Waals surface area (Å²) in [4.78, 5) is 14.9. The Morgan fingerprint density at radius 2 is 2.43 bits per heavy atom. The van der Waals surface area contributed by atoms with Crippen molar-refractivity contribution in [2.75, 3.05) is 0 Å². The molecule has 0 aliphatic heterocycles. The van der Waals surface area contributed by atoms with Crippen LogP contribution in [0.4, 0.5) is 0 Å². The van der Waals surface area contributed by atoms with E-state index in [1.165, 1.54) is 10.8 Å². The molecule has 2 heterocycles. The molecule has 0 amide bonds. The van der Waals surface area contributed by atoms with E-state index in [1.807, 2.05) is 0 Å². The van der Waals surface area contributed by atoms with Gasteiger partial charge < -0.3 is 4.42 Å². The Bertz CT molecular complexity index is 476. The monoisotopic (exact) mass is 210 g/mol. The van der Waals surface area contributed by atoms with Gasteiger partial charge in [-0.05, 0) is 6.07 Å². The van der Waals surface area contributed by atoms with E-state index in [4.69, 9.17) is 16.0 Å². The first-order chi connectivity index (χ1) is 6.75. The zero-order valence-electron chi connectivity index (χ0n) is 7.18. The van der Waals surface area contributed by atoms with Crippen molar-refractivity contribution in [1.29, 1.82) is 0 Å². The normalized spacial score (nSPS) is 10.4. The van der Waals surface area contributed by atoms with Crippen LogP contribution in [-0.4, -0.2) is 9.55 Å². The second-order valence-electron chi connectivity index (χ2n) is 2.81. The van der Waals surface area contributed by atoms with Crippen LogP contribution in [0.5, 0.6) is 0 Å². The van der Waals surface area contributed by atoms with E-state index in [1.54, 1.807) is 24.8 Å². The summed E-state index contributed by atoms with van der Waals surface area (Å²) in [6, 6.07) is 1.79. The van der Waals surface area contributed by atoms with E-state index in [0.717, 1.165) is 5.56 Å². The molecule has 0 atom stereocenters. The predicted molar refractivity (Wildman–Crippen MR) is 51.3 cm³/mol. The molecule has 2 aromatic heterocycles. The van der Waals surface area contributed by atoms with Gasteiger partial charge in [0, 0.05) is 11.8 Å². The lowest BCUT2D eigenvalue weighted by Gasteiger charge is -2.01. The van der Waals surface area contributed by atoms with Crippen molar-refractivity contribution in [3.8, 4) is 0 Å². The summed E-state index contributed by atoms with van der Waals surface area (Å²) in [5.74, 6) is 0. The van der Waals surface area contributed by atoms with E-state index in [9.17, 15) is 4.79 Å². The summed E-state index contributed by atoms with van der Waals surface area (Å²) >= 11 is 5.71. The summed E-state index contributed by atoms with van der Waals surface area (Å²) in [5.41, 5.74) is 0.576. The van der Waals surface area contributed by atoms with Crippen LogP contribution in [0, 0.1) is 0 Å². The van der Waals surface area contributed by atoms with Crippen molar-refractivity contribution >= 4 is 11.6 Å². The van der Waals surface area contributed by atoms with Gasteiger partial charge in [0.2, 0.25) is 0 Å². The van der Waals surface area contributed by atoms with Gasteiger partial charge in [0.25, 0.3) is 0 Å². The highest BCUT2D eigenvalue weighted by Gasteiger charge is 2.00. The molecule has 0 aliphatic rings. The smallest absolute Gasteiger partial charge is 0.347 e. The first kappa shape index (κ1) is 9.02. The van der Waals surface area contributed by atoms with Gasteiger partial charge in [-0.25, -0.2) is 9.78 Å². The molecule has 14 heavy (non-hydrogen) atoms. The number of nitrogens with zero attached hydrogens (tertiary/aromatic N) is 2. The molecule has 72 valence electrons. The molecule has 0 saturated carbocycles. The molecule has 2 aromatic rings. The topological polar surface area (TPSA) is 48.0 Å². The van der Waals surface area contributed by atoms with Gasteiger partial charge in [-0.1, -0.05) is 11.6 Å². The van der Waals surface area contributed by atoms with Gasteiger partial charge in [-0.15, -0.1) is 0 Å². The summed E-state index contributed by atoms with van der Waals surface area (Å²) in [5, 5.41) is 0.438. The quantitative estimate of drug-likeness (QED) is 0.756. The van der Waals surface area contributed by atoms with Crippen LogP contribution in [0.3, 0.4) is 0 Å². The maximum atomic E-state index is 11.3. The number of rotatable bonds is 2. The third-order valence-electron chi connectivity index (χ3n) is 1.76. The SMILES string of the molecule is O=c1ncc(Cl)cn1Cc1ccoc1. The fourth-order valence-corrected chi connectivity index (χ4v) is 1.29. The molecule has 4 nitrogen and oxygen atoms in total. The Balaban J connectivity index is 2.33. The highest BCUT2D eigenvalue weighted by molar-refractivity contribution is 6.30. The summed E-state index contributed by atoms with van der Waals surface area (Å²) in [7, 11) is 0. The van der Waals surface area contributed by atoms with Crippen molar-refractivity contribution in [3.05, 3.63) is 52.1 Å². The minimum absolute atomic E-state index is 0.324. The maximum absolute atomic E-state index is 11.3. The highest BCUT2D eigenvalue weighted by Crippen LogP contribution is 2.05. The summed E-state index contributed by atoms with van der Waals surface area (Å²) in [6.07, 6.45) is 6.01. The number of aromatic nitrogens is 2. The van der Waals surface area contributed by atoms with Gasteiger partial charge in [-0.3, -0.25) is 4.57 Å². The summed E-state index contributed by atoms with van der Waals surface area (Å²) < 4.78 is 6.31. The molecule has 0 fully saturated rings. The largest absolute Gasteiger partial charge is 0.472 e. The molecule has 0 N–H and O–H groups in total. The second kappa shape index (κ2) is 3.67. The second-order valence-corrected chi connectivity index (χ2v) is 3.25. The zero-order chi connectivity index (χ0) is 9.97. The molecule has 0 aromatic carbocycles. The molecule has 0 spiro atoms. The Labute approximate surface area is 84.8 Å². The molecule has 0 bridgehead atoms. The average molecular weight is 211 g/mol. The third-order valence-corrected chi connectivity index (χ3v) is 1.95. The fourth-order valence-electron chi connectivity index (χ4n) is 1.12. The predicted octanol–water partition coefficient (Wildman–Crippen LogP) is 1.54. The van der Waals surface area contributed by atoms with Crippen LogP contribution in [0.1, 0.15) is 5.56 Å². The molecule has 0 saturated heterocycles. The van der Waals surface area contributed by atoms with Crippen LogP contribution >= 0.6 is 11.6 Å². The lowest BCUT2D eigenvalue weighted by Crippen LogP contribution is -2.22. The van der Waals surface area contributed by atoms with E-state index in [0.29, 0.717) is 11.6 Å². The van der Waals surface area contributed by atoms with Crippen molar-refractivity contribution in [2.45, 2.75) is 6.54 Å². The van der Waals surface area contributed by atoms with Gasteiger partial charge in [0.05, 0.1) is 30.3 Å². The lowest BCUT2D eigenvalue weighted by atomic mass is 10.3. The first-order valence-electron chi connectivity index (χ1n) is 3.99. The molecule has 5 heteroatoms. The molecule has 0 radical (unpaired) electrons. The average Bonchev–Trinajstić information content (AvgIpc) is 2.64. The van der Waals surface area contributed by atoms with Crippen LogP contribution < -0.4 is 5.69 Å². The fraction of sp³-hybridized carbons (Fsp3) is 0.111. The number of furan rings is 1. The molecule has 2 rings (SSSR count). The van der Waals surface area contributed by atoms with Gasteiger partial charge >= 0.3 is 5.69 Å². The maximum Gasteiger partial charge on any atom is 0.347 e. The van der Waals surface area contributed by atoms with E-state index in [2.05, 4.69) is 4.98 Å². The minimum Gasteiger partial charge on any atom is -0.472 e. The van der Waals surface area contributed by atoms with Gasteiger partial charge in [0.1, 0.15) is 0 Å². The minimum atomic E-state index is -0.324. The van der Waals surface area contributed by atoms with Crippen molar-refractivity contribution < 1.29 is 4.42 Å². The third kappa shape index (κ3) is 1.85. The number of hydrogen-bond donors (Lipinski definition) is 0. The van der Waals surface area contributed by atoms with Crippen molar-refractivity contribution in [2.24, 2.45) is 0 Å². The summed E-state index contributed by atoms with van der Waals surface area (Å²) in [6.45, 7) is 0.420. The molecule has 0 unspecified atom stereocenters. The first-order valence-corrected chi connectivity index (χ1v) is 4.36. The van der Waals surface area contributed by atoms with Crippen LogP contribution in [-0.2, 0) is 6.54 Å². The van der Waals surface area contributed by atoms with Crippen LogP contribution in [0.2, 0.25) is 5.02 Å². The number of hydrogen-bond acceptors (Lipinski definition) is 3. The zero-order valence-corrected chi connectivity index (χ0v) is 7.94. The van der Waals surface area contributed by atoms with Crippen molar-refractivity contribution in [1.82, 2.24) is 9.55 Å². The molecule has 0 aliphatic carbocycles. The van der Waals surface area contributed by atoms with E-state index < -0.39 is 0 Å². The Kier molecular flexibility index (Phi) is 2.37. The van der Waals surface area contributed by atoms with Crippen LogP contribution in [0.25, 0.3) is 0 Å². The highest BCUT2D eigenvalue weighted by atomic mass is 35.5. The van der Waals surface area contributed by atoms with E-state index in [-0.39, 0.29) is 5.69 Å². The Morgan fingerprint density at radius 1 is 1.57 bits per heavy atom. The van der Waals surface area contributed by atoms with Crippen molar-refractivity contribution in [3.63, 3.8) is 0 Å². The van der Waals surface area contributed by atoms with Gasteiger partial charge in [0.15, 0.2) is 0 Å². The van der Waals surface area contributed by atoms with Gasteiger partial charge in [-0.2, -0.15) is 0 Å².